The Labute approximate surface area is 132 Å². The molecule has 5 nitrogen and oxygen atoms in total. The lowest BCUT2D eigenvalue weighted by atomic mass is 9.90. The smallest absolute Gasteiger partial charge is 0.126 e. The van der Waals surface area contributed by atoms with Gasteiger partial charge in [-0.2, -0.15) is 0 Å². The lowest BCUT2D eigenvalue weighted by molar-refractivity contribution is -0.0704. The van der Waals surface area contributed by atoms with Crippen molar-refractivity contribution in [1.29, 1.82) is 0 Å². The summed E-state index contributed by atoms with van der Waals surface area (Å²) in [5, 5.41) is 14.1. The van der Waals surface area contributed by atoms with Gasteiger partial charge in [-0.15, -0.1) is 0 Å². The van der Waals surface area contributed by atoms with Crippen LogP contribution in [0.15, 0.2) is 18.2 Å². The summed E-state index contributed by atoms with van der Waals surface area (Å²) in [6.07, 6.45) is 5.28. The molecule has 3 heterocycles. The zero-order valence-electron chi connectivity index (χ0n) is 13.3. The Kier molecular flexibility index (Phi) is 4.96. The molecule has 2 unspecified atom stereocenters. The van der Waals surface area contributed by atoms with Crippen LogP contribution in [0.3, 0.4) is 0 Å². The molecule has 5 heteroatoms. The predicted octanol–water partition coefficient (Wildman–Crippen LogP) is 2.45. The Balaban J connectivity index is 1.54. The fraction of sp³-hybridized carbons (Fsp3) is 0.706. The van der Waals surface area contributed by atoms with Crippen LogP contribution in [0.25, 0.3) is 0 Å². The number of aliphatic hydroxyl groups is 1. The van der Waals surface area contributed by atoms with Crippen LogP contribution in [0.2, 0.25) is 0 Å². The molecule has 2 fully saturated rings. The highest BCUT2D eigenvalue weighted by atomic mass is 16.5. The van der Waals surface area contributed by atoms with E-state index in [1.165, 1.54) is 0 Å². The number of ether oxygens (including phenoxy) is 2. The average molecular weight is 306 g/mol. The van der Waals surface area contributed by atoms with Crippen LogP contribution in [0.1, 0.15) is 44.7 Å². The van der Waals surface area contributed by atoms with E-state index in [0.29, 0.717) is 38.3 Å². The van der Waals surface area contributed by atoms with Gasteiger partial charge in [0.05, 0.1) is 17.9 Å². The van der Waals surface area contributed by atoms with E-state index in [0.717, 1.165) is 37.3 Å². The van der Waals surface area contributed by atoms with E-state index in [9.17, 15) is 5.11 Å². The zero-order chi connectivity index (χ0) is 15.4. The Morgan fingerprint density at radius 2 is 2.14 bits per heavy atom. The molecular formula is C17H26N2O3. The maximum atomic E-state index is 10.7. The van der Waals surface area contributed by atoms with Crippen molar-refractivity contribution in [3.05, 3.63) is 23.9 Å². The summed E-state index contributed by atoms with van der Waals surface area (Å²) in [6.45, 7) is 4.16. The second-order valence-electron chi connectivity index (χ2n) is 6.41. The third-order valence-corrected chi connectivity index (χ3v) is 4.64. The Morgan fingerprint density at radius 1 is 1.32 bits per heavy atom. The molecule has 122 valence electrons. The molecule has 3 rings (SSSR count). The largest absolute Gasteiger partial charge is 0.383 e. The van der Waals surface area contributed by atoms with Crippen molar-refractivity contribution >= 4 is 5.82 Å². The fourth-order valence-corrected chi connectivity index (χ4v) is 3.22. The first-order valence-electron chi connectivity index (χ1n) is 8.33. The molecule has 2 N–H and O–H groups in total. The maximum absolute atomic E-state index is 10.7. The van der Waals surface area contributed by atoms with Gasteiger partial charge in [-0.1, -0.05) is 6.07 Å². The summed E-state index contributed by atoms with van der Waals surface area (Å²) in [5.41, 5.74) is -0.105. The Hall–Kier alpha value is -1.17. The quantitative estimate of drug-likeness (QED) is 0.875. The number of aromatic nitrogens is 1. The molecule has 2 atom stereocenters. The summed E-state index contributed by atoms with van der Waals surface area (Å²) < 4.78 is 11.1. The average Bonchev–Trinajstić information content (AvgIpc) is 2.94. The number of pyridine rings is 1. The van der Waals surface area contributed by atoms with Gasteiger partial charge in [0.15, 0.2) is 0 Å². The number of anilines is 1. The van der Waals surface area contributed by atoms with E-state index in [1.54, 1.807) is 0 Å². The number of rotatable bonds is 5. The van der Waals surface area contributed by atoms with Crippen molar-refractivity contribution in [2.75, 3.05) is 25.1 Å². The van der Waals surface area contributed by atoms with Gasteiger partial charge in [0.25, 0.3) is 0 Å². The van der Waals surface area contributed by atoms with Gasteiger partial charge in [-0.25, -0.2) is 4.98 Å². The third kappa shape index (κ3) is 3.77. The second-order valence-corrected chi connectivity index (χ2v) is 6.41. The highest BCUT2D eigenvalue weighted by Crippen LogP contribution is 2.31. The highest BCUT2D eigenvalue weighted by Gasteiger charge is 2.33. The first-order valence-corrected chi connectivity index (χ1v) is 8.33. The first-order chi connectivity index (χ1) is 10.7. The van der Waals surface area contributed by atoms with Crippen LogP contribution >= 0.6 is 0 Å². The Bertz CT molecular complexity index is 489. The molecule has 2 saturated heterocycles. The fourth-order valence-electron chi connectivity index (χ4n) is 3.22. The first kappa shape index (κ1) is 15.7. The highest BCUT2D eigenvalue weighted by molar-refractivity contribution is 5.36. The standard InChI is InChI=1S/C17H26N2O3/c1-13-5-6-14(22-13)7-10-18-16-4-2-3-15(19-16)17(20)8-11-21-12-9-17/h2-4,13-14,20H,5-12H2,1H3,(H,18,19). The van der Waals surface area contributed by atoms with Crippen molar-refractivity contribution < 1.29 is 14.6 Å². The molecule has 1 aromatic heterocycles. The van der Waals surface area contributed by atoms with E-state index < -0.39 is 5.60 Å². The summed E-state index contributed by atoms with van der Waals surface area (Å²) in [7, 11) is 0. The van der Waals surface area contributed by atoms with Crippen LogP contribution in [0.5, 0.6) is 0 Å². The van der Waals surface area contributed by atoms with E-state index >= 15 is 0 Å². The minimum atomic E-state index is -0.847. The molecule has 22 heavy (non-hydrogen) atoms. The molecule has 0 aromatic carbocycles. The van der Waals surface area contributed by atoms with Gasteiger partial charge in [0.2, 0.25) is 0 Å². The number of hydrogen-bond acceptors (Lipinski definition) is 5. The lowest BCUT2D eigenvalue weighted by Crippen LogP contribution is -2.34. The summed E-state index contributed by atoms with van der Waals surface area (Å²) in [4.78, 5) is 4.59. The molecule has 2 aliphatic heterocycles. The summed E-state index contributed by atoms with van der Waals surface area (Å²) in [6, 6.07) is 5.80. The van der Waals surface area contributed by atoms with Gasteiger partial charge in [0, 0.05) is 32.6 Å². The maximum Gasteiger partial charge on any atom is 0.126 e. The van der Waals surface area contributed by atoms with Crippen molar-refractivity contribution in [3.63, 3.8) is 0 Å². The van der Waals surface area contributed by atoms with Crippen LogP contribution in [-0.2, 0) is 15.1 Å². The zero-order valence-corrected chi connectivity index (χ0v) is 13.3. The van der Waals surface area contributed by atoms with Crippen molar-refractivity contribution in [2.24, 2.45) is 0 Å². The lowest BCUT2D eigenvalue weighted by Gasteiger charge is -2.31. The van der Waals surface area contributed by atoms with Crippen LogP contribution < -0.4 is 5.32 Å². The van der Waals surface area contributed by atoms with Gasteiger partial charge < -0.3 is 19.9 Å². The molecule has 0 aliphatic carbocycles. The number of nitrogens with zero attached hydrogens (tertiary/aromatic N) is 1. The summed E-state index contributed by atoms with van der Waals surface area (Å²) in [5.74, 6) is 0.823. The van der Waals surface area contributed by atoms with Crippen LogP contribution in [0.4, 0.5) is 5.82 Å². The molecule has 0 spiro atoms. The second kappa shape index (κ2) is 6.94. The molecule has 1 aromatic rings. The monoisotopic (exact) mass is 306 g/mol. The molecule has 0 amide bonds. The van der Waals surface area contributed by atoms with Gasteiger partial charge in [-0.05, 0) is 38.3 Å². The molecule has 0 bridgehead atoms. The van der Waals surface area contributed by atoms with Crippen molar-refractivity contribution in [2.45, 2.75) is 56.8 Å². The predicted molar refractivity (Wildman–Crippen MR) is 84.9 cm³/mol. The molecule has 2 aliphatic rings. The third-order valence-electron chi connectivity index (χ3n) is 4.64. The van der Waals surface area contributed by atoms with E-state index in [1.807, 2.05) is 18.2 Å². The number of hydrogen-bond donors (Lipinski definition) is 2. The van der Waals surface area contributed by atoms with Gasteiger partial charge in [-0.3, -0.25) is 0 Å². The van der Waals surface area contributed by atoms with Crippen LogP contribution in [-0.4, -0.2) is 42.1 Å². The minimum Gasteiger partial charge on any atom is -0.383 e. The number of nitrogens with one attached hydrogen (secondary N) is 1. The molecular weight excluding hydrogens is 280 g/mol. The van der Waals surface area contributed by atoms with Gasteiger partial charge >= 0.3 is 0 Å². The molecule has 0 saturated carbocycles. The van der Waals surface area contributed by atoms with Crippen LogP contribution in [0, 0.1) is 0 Å². The van der Waals surface area contributed by atoms with E-state index in [-0.39, 0.29) is 0 Å². The van der Waals surface area contributed by atoms with Crippen molar-refractivity contribution in [1.82, 2.24) is 4.98 Å². The minimum absolute atomic E-state index is 0.366. The van der Waals surface area contributed by atoms with E-state index in [4.69, 9.17) is 9.47 Å². The molecule has 0 radical (unpaired) electrons. The van der Waals surface area contributed by atoms with E-state index in [2.05, 4.69) is 17.2 Å². The Morgan fingerprint density at radius 3 is 2.86 bits per heavy atom. The summed E-state index contributed by atoms with van der Waals surface area (Å²) >= 11 is 0. The van der Waals surface area contributed by atoms with Crippen molar-refractivity contribution in [3.8, 4) is 0 Å². The topological polar surface area (TPSA) is 63.6 Å². The van der Waals surface area contributed by atoms with Gasteiger partial charge in [0.1, 0.15) is 11.4 Å². The normalized spacial score (nSPS) is 27.7. The SMILES string of the molecule is CC1CCC(CCNc2cccc(C3(O)CCOCC3)n2)O1.